The molecule has 0 amide bonds. The Bertz CT molecular complexity index is 169. The summed E-state index contributed by atoms with van der Waals surface area (Å²) in [5, 5.41) is 0. The van der Waals surface area contributed by atoms with E-state index in [0.717, 1.165) is 11.8 Å². The molecule has 0 aromatic rings. The van der Waals surface area contributed by atoms with Gasteiger partial charge < -0.3 is 0 Å². The van der Waals surface area contributed by atoms with Crippen molar-refractivity contribution in [3.05, 3.63) is 0 Å². The monoisotopic (exact) mass is 224 g/mol. The molecule has 0 heterocycles. The van der Waals surface area contributed by atoms with E-state index in [2.05, 4.69) is 41.5 Å². The van der Waals surface area contributed by atoms with Gasteiger partial charge in [0.05, 0.1) is 0 Å². The maximum absolute atomic E-state index is 2.34. The molecule has 0 N–H and O–H groups in total. The molecule has 0 radical (unpaired) electrons. The molecule has 16 heavy (non-hydrogen) atoms. The van der Waals surface area contributed by atoms with Gasteiger partial charge in [-0.2, -0.15) is 0 Å². The van der Waals surface area contributed by atoms with Gasteiger partial charge in [-0.1, -0.05) is 54.4 Å². The van der Waals surface area contributed by atoms with Gasteiger partial charge in [-0.25, -0.2) is 0 Å². The van der Waals surface area contributed by atoms with Crippen molar-refractivity contribution in [2.75, 3.05) is 0 Å². The van der Waals surface area contributed by atoms with Crippen LogP contribution in [0.4, 0.5) is 0 Å². The van der Waals surface area contributed by atoms with Crippen LogP contribution in [0.25, 0.3) is 0 Å². The van der Waals surface area contributed by atoms with Gasteiger partial charge in [-0.15, -0.1) is 0 Å². The van der Waals surface area contributed by atoms with Crippen molar-refractivity contribution in [2.45, 2.75) is 80.1 Å². The van der Waals surface area contributed by atoms with Gasteiger partial charge in [0, 0.05) is 0 Å². The Balaban J connectivity index is 0.000000160. The predicted octanol–water partition coefficient (Wildman–Crippen LogP) is 5.67. The first-order valence-electron chi connectivity index (χ1n) is 7.21. The molecule has 2 saturated carbocycles. The van der Waals surface area contributed by atoms with E-state index in [-0.39, 0.29) is 0 Å². The zero-order valence-corrected chi connectivity index (χ0v) is 12.4. The highest BCUT2D eigenvalue weighted by atomic mass is 14.3. The van der Waals surface area contributed by atoms with Gasteiger partial charge in [-0.3, -0.25) is 0 Å². The van der Waals surface area contributed by atoms with Crippen LogP contribution in [0.2, 0.25) is 0 Å². The average Bonchev–Trinajstić information content (AvgIpc) is 1.66. The molecule has 0 saturated heterocycles. The van der Waals surface area contributed by atoms with Crippen LogP contribution in [0.15, 0.2) is 0 Å². The maximum Gasteiger partial charge on any atom is -0.0354 e. The Hall–Kier alpha value is 0. The third-order valence-electron chi connectivity index (χ3n) is 4.66. The van der Waals surface area contributed by atoms with Crippen molar-refractivity contribution in [1.29, 1.82) is 0 Å². The van der Waals surface area contributed by atoms with Crippen molar-refractivity contribution in [2.24, 2.45) is 22.7 Å². The molecular weight excluding hydrogens is 192 g/mol. The first kappa shape index (κ1) is 14.1. The van der Waals surface area contributed by atoms with Crippen LogP contribution < -0.4 is 0 Å². The molecule has 2 rings (SSSR count). The summed E-state index contributed by atoms with van der Waals surface area (Å²) in [6.07, 6.45) is 8.85. The van der Waals surface area contributed by atoms with Crippen molar-refractivity contribution < 1.29 is 0 Å². The average molecular weight is 224 g/mol. The lowest BCUT2D eigenvalue weighted by atomic mass is 9.69. The second-order valence-electron chi connectivity index (χ2n) is 7.99. The summed E-state index contributed by atoms with van der Waals surface area (Å²) >= 11 is 0. The summed E-state index contributed by atoms with van der Waals surface area (Å²) < 4.78 is 0. The fourth-order valence-electron chi connectivity index (χ4n) is 2.55. The van der Waals surface area contributed by atoms with Crippen LogP contribution >= 0.6 is 0 Å². The summed E-state index contributed by atoms with van der Waals surface area (Å²) in [6, 6.07) is 0. The van der Waals surface area contributed by atoms with Gasteiger partial charge in [0.2, 0.25) is 0 Å². The first-order chi connectivity index (χ1) is 7.21. The number of hydrogen-bond acceptors (Lipinski definition) is 0. The summed E-state index contributed by atoms with van der Waals surface area (Å²) in [6.45, 7) is 14.1. The molecule has 0 unspecified atom stereocenters. The van der Waals surface area contributed by atoms with E-state index in [1.54, 1.807) is 0 Å². The van der Waals surface area contributed by atoms with E-state index in [0.29, 0.717) is 10.8 Å². The number of rotatable bonds is 0. The SMILES string of the molecule is CC(C)(C)C1CCC1.CC(C)(C)C1CCC1. The van der Waals surface area contributed by atoms with Crippen LogP contribution in [-0.2, 0) is 0 Å². The van der Waals surface area contributed by atoms with Crippen molar-refractivity contribution >= 4 is 0 Å². The van der Waals surface area contributed by atoms with E-state index >= 15 is 0 Å². The Morgan fingerprint density at radius 2 is 0.812 bits per heavy atom. The van der Waals surface area contributed by atoms with E-state index in [1.807, 2.05) is 0 Å². The fraction of sp³-hybridized carbons (Fsp3) is 1.00. The topological polar surface area (TPSA) is 0 Å². The second-order valence-corrected chi connectivity index (χ2v) is 7.99. The van der Waals surface area contributed by atoms with Crippen molar-refractivity contribution in [3.8, 4) is 0 Å². The third kappa shape index (κ3) is 4.11. The molecule has 0 aliphatic heterocycles. The Morgan fingerprint density at radius 1 is 0.562 bits per heavy atom. The van der Waals surface area contributed by atoms with Gasteiger partial charge in [0.25, 0.3) is 0 Å². The molecule has 2 aliphatic rings. The summed E-state index contributed by atoms with van der Waals surface area (Å²) in [7, 11) is 0. The normalized spacial score (nSPS) is 22.9. The minimum absolute atomic E-state index is 0.595. The molecule has 0 spiro atoms. The Kier molecular flexibility index (Phi) is 4.49. The summed E-state index contributed by atoms with van der Waals surface area (Å²) in [5.74, 6) is 2.06. The smallest absolute Gasteiger partial charge is 0.0354 e. The van der Waals surface area contributed by atoms with Crippen LogP contribution in [0.5, 0.6) is 0 Å². The highest BCUT2D eigenvalue weighted by Gasteiger charge is 2.29. The fourth-order valence-corrected chi connectivity index (χ4v) is 2.55. The first-order valence-corrected chi connectivity index (χ1v) is 7.21. The molecule has 0 nitrogen and oxygen atoms in total. The molecule has 0 bridgehead atoms. The lowest BCUT2D eigenvalue weighted by molar-refractivity contribution is 0.141. The molecular formula is C16H32. The van der Waals surface area contributed by atoms with Crippen LogP contribution in [0, 0.1) is 22.7 Å². The van der Waals surface area contributed by atoms with Gasteiger partial charge >= 0.3 is 0 Å². The molecule has 2 aliphatic carbocycles. The van der Waals surface area contributed by atoms with E-state index < -0.39 is 0 Å². The lowest BCUT2D eigenvalue weighted by Crippen LogP contribution is -2.26. The highest BCUT2D eigenvalue weighted by Crippen LogP contribution is 2.41. The van der Waals surface area contributed by atoms with Crippen molar-refractivity contribution in [3.63, 3.8) is 0 Å². The zero-order valence-electron chi connectivity index (χ0n) is 12.4. The Labute approximate surface area is 103 Å². The standard InChI is InChI=1S/2C8H16/c2*1-8(2,3)7-5-4-6-7/h2*7H,4-6H2,1-3H3. The molecule has 2 fully saturated rings. The van der Waals surface area contributed by atoms with Crippen LogP contribution in [-0.4, -0.2) is 0 Å². The van der Waals surface area contributed by atoms with E-state index in [4.69, 9.17) is 0 Å². The quantitative estimate of drug-likeness (QED) is 0.497. The maximum atomic E-state index is 2.34. The lowest BCUT2D eigenvalue weighted by Gasteiger charge is -2.37. The van der Waals surface area contributed by atoms with Crippen molar-refractivity contribution in [1.82, 2.24) is 0 Å². The summed E-state index contributed by atoms with van der Waals surface area (Å²) in [4.78, 5) is 0. The molecule has 0 aromatic heterocycles. The van der Waals surface area contributed by atoms with Gasteiger partial charge in [0.1, 0.15) is 0 Å². The minimum Gasteiger partial charge on any atom is -0.0599 e. The zero-order chi connectivity index (χ0) is 12.4. The van der Waals surface area contributed by atoms with E-state index in [9.17, 15) is 0 Å². The summed E-state index contributed by atoms with van der Waals surface area (Å²) in [5.41, 5.74) is 1.19. The molecule has 0 heteroatoms. The van der Waals surface area contributed by atoms with E-state index in [1.165, 1.54) is 38.5 Å². The van der Waals surface area contributed by atoms with Crippen LogP contribution in [0.3, 0.4) is 0 Å². The third-order valence-corrected chi connectivity index (χ3v) is 4.66. The molecule has 0 aromatic carbocycles. The minimum atomic E-state index is 0.595. The van der Waals surface area contributed by atoms with Gasteiger partial charge in [0.15, 0.2) is 0 Å². The van der Waals surface area contributed by atoms with Gasteiger partial charge in [-0.05, 0) is 48.3 Å². The highest BCUT2D eigenvalue weighted by molar-refractivity contribution is 4.81. The largest absolute Gasteiger partial charge is 0.0599 e. The second kappa shape index (κ2) is 5.10. The molecule has 96 valence electrons. The Morgan fingerprint density at radius 3 is 0.812 bits per heavy atom. The number of hydrogen-bond donors (Lipinski definition) is 0. The molecule has 0 atom stereocenters. The predicted molar refractivity (Wildman–Crippen MR) is 73.6 cm³/mol. The van der Waals surface area contributed by atoms with Crippen LogP contribution in [0.1, 0.15) is 80.1 Å².